The highest BCUT2D eigenvalue weighted by Crippen LogP contribution is 2.43. The summed E-state index contributed by atoms with van der Waals surface area (Å²) in [5.41, 5.74) is 0.913. The fourth-order valence-electron chi connectivity index (χ4n) is 3.12. The standard InChI is InChI=1S/C14H22N4O2/c1-16-8-3-2-4-12(16)7-9-17-10-13(18(19)20)14(15-17)11-5-6-11/h10-12H,2-9H2,1H3. The number of nitro groups is 1. The third-order valence-electron chi connectivity index (χ3n) is 4.54. The average Bonchev–Trinajstić information content (AvgIpc) is 3.18. The number of rotatable bonds is 5. The first-order valence-electron chi connectivity index (χ1n) is 7.57. The summed E-state index contributed by atoms with van der Waals surface area (Å²) < 4.78 is 1.79. The summed E-state index contributed by atoms with van der Waals surface area (Å²) in [6, 6.07) is 0.594. The van der Waals surface area contributed by atoms with Gasteiger partial charge in [0, 0.05) is 18.5 Å². The Balaban J connectivity index is 1.65. The first-order valence-corrected chi connectivity index (χ1v) is 7.57. The Kier molecular flexibility index (Phi) is 3.74. The van der Waals surface area contributed by atoms with E-state index >= 15 is 0 Å². The minimum atomic E-state index is -0.288. The van der Waals surface area contributed by atoms with Gasteiger partial charge in [-0.15, -0.1) is 0 Å². The fourth-order valence-corrected chi connectivity index (χ4v) is 3.12. The third-order valence-corrected chi connectivity index (χ3v) is 4.54. The highest BCUT2D eigenvalue weighted by molar-refractivity contribution is 5.37. The van der Waals surface area contributed by atoms with Gasteiger partial charge in [0.05, 0.1) is 4.92 Å². The molecule has 1 unspecified atom stereocenters. The molecule has 1 aromatic rings. The summed E-state index contributed by atoms with van der Waals surface area (Å²) in [7, 11) is 2.17. The minimum Gasteiger partial charge on any atom is -0.303 e. The van der Waals surface area contributed by atoms with Crippen LogP contribution in [0.2, 0.25) is 0 Å². The summed E-state index contributed by atoms with van der Waals surface area (Å²) in [6.07, 6.45) is 8.55. The number of piperidine rings is 1. The summed E-state index contributed by atoms with van der Waals surface area (Å²) >= 11 is 0. The third kappa shape index (κ3) is 2.85. The van der Waals surface area contributed by atoms with Crippen LogP contribution in [0.25, 0.3) is 0 Å². The molecule has 20 heavy (non-hydrogen) atoms. The van der Waals surface area contributed by atoms with Crippen molar-refractivity contribution in [3.63, 3.8) is 0 Å². The molecule has 0 aromatic carbocycles. The van der Waals surface area contributed by atoms with Crippen LogP contribution in [-0.4, -0.2) is 39.2 Å². The normalized spacial score (nSPS) is 23.9. The minimum absolute atomic E-state index is 0.212. The van der Waals surface area contributed by atoms with Crippen molar-refractivity contribution < 1.29 is 4.92 Å². The topological polar surface area (TPSA) is 64.2 Å². The van der Waals surface area contributed by atoms with Crippen molar-refractivity contribution in [1.29, 1.82) is 0 Å². The van der Waals surface area contributed by atoms with Gasteiger partial charge < -0.3 is 4.90 Å². The summed E-state index contributed by atoms with van der Waals surface area (Å²) in [6.45, 7) is 1.94. The van der Waals surface area contributed by atoms with Crippen LogP contribution in [0.5, 0.6) is 0 Å². The Morgan fingerprint density at radius 2 is 2.20 bits per heavy atom. The second kappa shape index (κ2) is 5.52. The second-order valence-corrected chi connectivity index (χ2v) is 6.11. The van der Waals surface area contributed by atoms with E-state index in [9.17, 15) is 10.1 Å². The molecule has 1 saturated carbocycles. The maximum Gasteiger partial charge on any atom is 0.310 e. The van der Waals surface area contributed by atoms with Crippen LogP contribution < -0.4 is 0 Å². The molecule has 0 spiro atoms. The van der Waals surface area contributed by atoms with Crippen molar-refractivity contribution in [2.45, 2.75) is 57.0 Å². The molecule has 0 N–H and O–H groups in total. The number of likely N-dealkylation sites (tertiary alicyclic amines) is 1. The maximum atomic E-state index is 11.1. The van der Waals surface area contributed by atoms with Crippen molar-refractivity contribution in [2.75, 3.05) is 13.6 Å². The number of hydrogen-bond donors (Lipinski definition) is 0. The molecule has 110 valence electrons. The average molecular weight is 278 g/mol. The molecule has 6 nitrogen and oxygen atoms in total. The van der Waals surface area contributed by atoms with Gasteiger partial charge in [-0.3, -0.25) is 14.8 Å². The Labute approximate surface area is 118 Å². The van der Waals surface area contributed by atoms with Gasteiger partial charge in [-0.05, 0) is 45.7 Å². The van der Waals surface area contributed by atoms with E-state index in [0.29, 0.717) is 17.7 Å². The molecule has 1 saturated heterocycles. The van der Waals surface area contributed by atoms with Crippen LogP contribution in [0.1, 0.15) is 50.1 Å². The lowest BCUT2D eigenvalue weighted by Gasteiger charge is -2.32. The molecule has 0 bridgehead atoms. The Hall–Kier alpha value is -1.43. The van der Waals surface area contributed by atoms with E-state index in [2.05, 4.69) is 17.0 Å². The molecule has 2 heterocycles. The van der Waals surface area contributed by atoms with Gasteiger partial charge >= 0.3 is 5.69 Å². The SMILES string of the molecule is CN1CCCCC1CCn1cc([N+](=O)[O-])c(C2CC2)n1. The molecule has 0 amide bonds. The van der Waals surface area contributed by atoms with Gasteiger partial charge in [-0.2, -0.15) is 5.10 Å². The highest BCUT2D eigenvalue weighted by atomic mass is 16.6. The zero-order chi connectivity index (χ0) is 14.1. The highest BCUT2D eigenvalue weighted by Gasteiger charge is 2.34. The van der Waals surface area contributed by atoms with Crippen LogP contribution in [0, 0.1) is 10.1 Å². The zero-order valence-electron chi connectivity index (χ0n) is 12.0. The van der Waals surface area contributed by atoms with Crippen molar-refractivity contribution >= 4 is 5.69 Å². The monoisotopic (exact) mass is 278 g/mol. The van der Waals surface area contributed by atoms with Crippen molar-refractivity contribution in [3.8, 4) is 0 Å². The molecular formula is C14H22N4O2. The van der Waals surface area contributed by atoms with E-state index in [4.69, 9.17) is 0 Å². The van der Waals surface area contributed by atoms with E-state index in [-0.39, 0.29) is 10.6 Å². The van der Waals surface area contributed by atoms with Crippen molar-refractivity contribution in [3.05, 3.63) is 22.0 Å². The van der Waals surface area contributed by atoms with E-state index < -0.39 is 0 Å². The lowest BCUT2D eigenvalue weighted by atomic mass is 10.0. The van der Waals surface area contributed by atoms with E-state index in [1.165, 1.54) is 19.3 Å². The largest absolute Gasteiger partial charge is 0.310 e. The molecule has 1 aromatic heterocycles. The van der Waals surface area contributed by atoms with Gasteiger partial charge in [0.25, 0.3) is 0 Å². The number of hydrogen-bond acceptors (Lipinski definition) is 4. The van der Waals surface area contributed by atoms with Gasteiger partial charge in [-0.25, -0.2) is 0 Å². The molecule has 1 aliphatic carbocycles. The smallest absolute Gasteiger partial charge is 0.303 e. The number of nitrogens with zero attached hydrogens (tertiary/aromatic N) is 4. The molecule has 6 heteroatoms. The molecule has 3 rings (SSSR count). The van der Waals surface area contributed by atoms with Crippen molar-refractivity contribution in [2.24, 2.45) is 0 Å². The summed E-state index contributed by atoms with van der Waals surface area (Å²) in [4.78, 5) is 13.2. The first-order chi connectivity index (χ1) is 9.65. The number of aryl methyl sites for hydroxylation is 1. The molecule has 1 atom stereocenters. The maximum absolute atomic E-state index is 11.1. The van der Waals surface area contributed by atoms with Gasteiger partial charge in [0.2, 0.25) is 0 Å². The van der Waals surface area contributed by atoms with E-state index in [0.717, 1.165) is 32.4 Å². The van der Waals surface area contributed by atoms with Gasteiger partial charge in [0.1, 0.15) is 11.9 Å². The predicted molar refractivity (Wildman–Crippen MR) is 75.7 cm³/mol. The quantitative estimate of drug-likeness (QED) is 0.613. The Morgan fingerprint density at radius 1 is 1.40 bits per heavy atom. The first kappa shape index (κ1) is 13.5. The molecule has 2 fully saturated rings. The zero-order valence-corrected chi connectivity index (χ0v) is 12.0. The van der Waals surface area contributed by atoms with Crippen LogP contribution in [0.15, 0.2) is 6.20 Å². The van der Waals surface area contributed by atoms with Gasteiger partial charge in [-0.1, -0.05) is 6.42 Å². The molecule has 1 aliphatic heterocycles. The Bertz CT molecular complexity index is 495. The number of aromatic nitrogens is 2. The van der Waals surface area contributed by atoms with Crippen molar-refractivity contribution in [1.82, 2.24) is 14.7 Å². The van der Waals surface area contributed by atoms with Crippen LogP contribution in [0.4, 0.5) is 5.69 Å². The Morgan fingerprint density at radius 3 is 2.85 bits per heavy atom. The van der Waals surface area contributed by atoms with E-state index in [1.54, 1.807) is 10.9 Å². The van der Waals surface area contributed by atoms with Gasteiger partial charge in [0.15, 0.2) is 0 Å². The van der Waals surface area contributed by atoms with Crippen LogP contribution in [-0.2, 0) is 6.54 Å². The molecular weight excluding hydrogens is 256 g/mol. The van der Waals surface area contributed by atoms with E-state index in [1.807, 2.05) is 0 Å². The predicted octanol–water partition coefficient (Wildman–Crippen LogP) is 2.54. The van der Waals surface area contributed by atoms with Crippen LogP contribution in [0.3, 0.4) is 0 Å². The molecule has 2 aliphatic rings. The summed E-state index contributed by atoms with van der Waals surface area (Å²) in [5.74, 6) is 0.328. The second-order valence-electron chi connectivity index (χ2n) is 6.11. The molecule has 0 radical (unpaired) electrons. The lowest BCUT2D eigenvalue weighted by molar-refractivity contribution is -0.385. The van der Waals surface area contributed by atoms with Crippen LogP contribution >= 0.6 is 0 Å². The fraction of sp³-hybridized carbons (Fsp3) is 0.786. The lowest BCUT2D eigenvalue weighted by Crippen LogP contribution is -2.36. The summed E-state index contributed by atoms with van der Waals surface area (Å²) in [5, 5.41) is 15.5.